The Labute approximate surface area is 103 Å². The number of ketones is 1. The summed E-state index contributed by atoms with van der Waals surface area (Å²) in [7, 11) is 1.65. The average Bonchev–Trinajstić information content (AvgIpc) is 2.26. The third kappa shape index (κ3) is 3.51. The molecule has 92 valence electrons. The van der Waals surface area contributed by atoms with Crippen molar-refractivity contribution < 1.29 is 9.53 Å². The summed E-state index contributed by atoms with van der Waals surface area (Å²) < 4.78 is 4.84. The summed E-state index contributed by atoms with van der Waals surface area (Å²) in [5.74, 6) is 0.225. The van der Waals surface area contributed by atoms with Crippen LogP contribution in [-0.4, -0.2) is 18.3 Å². The fourth-order valence-corrected chi connectivity index (χ4v) is 2.68. The molecule has 2 nitrogen and oxygen atoms in total. The van der Waals surface area contributed by atoms with E-state index in [4.69, 9.17) is 16.3 Å². The molecule has 0 N–H and O–H groups in total. The molecule has 0 heterocycles. The molecular formula is C13H21ClO2. The predicted octanol–water partition coefficient (Wildman–Crippen LogP) is 3.68. The van der Waals surface area contributed by atoms with Gasteiger partial charge in [0.05, 0.1) is 18.7 Å². The first-order chi connectivity index (χ1) is 7.60. The molecule has 0 bridgehead atoms. The highest BCUT2D eigenvalue weighted by Gasteiger charge is 2.39. The van der Waals surface area contributed by atoms with E-state index in [1.54, 1.807) is 13.4 Å². The first-order valence-electron chi connectivity index (χ1n) is 5.95. The van der Waals surface area contributed by atoms with Crippen molar-refractivity contribution in [3.05, 3.63) is 12.3 Å². The molecule has 2 atom stereocenters. The molecule has 0 amide bonds. The van der Waals surface area contributed by atoms with Gasteiger partial charge in [0.15, 0.2) is 5.78 Å². The van der Waals surface area contributed by atoms with Gasteiger partial charge in [-0.3, -0.25) is 4.79 Å². The van der Waals surface area contributed by atoms with E-state index in [0.717, 1.165) is 32.1 Å². The van der Waals surface area contributed by atoms with E-state index < -0.39 is 0 Å². The van der Waals surface area contributed by atoms with E-state index >= 15 is 0 Å². The molecule has 2 unspecified atom stereocenters. The van der Waals surface area contributed by atoms with Crippen LogP contribution >= 0.6 is 11.6 Å². The molecule has 0 saturated heterocycles. The van der Waals surface area contributed by atoms with Crippen LogP contribution in [0.5, 0.6) is 0 Å². The van der Waals surface area contributed by atoms with E-state index in [-0.39, 0.29) is 16.6 Å². The second-order valence-corrected chi connectivity index (χ2v) is 5.27. The Bertz CT molecular complexity index is 263. The number of allylic oxidation sites excluding steroid dienone is 1. The lowest BCUT2D eigenvalue weighted by Gasteiger charge is -2.37. The quantitative estimate of drug-likeness (QED) is 0.419. The number of carbonyl (C=O) groups is 1. The van der Waals surface area contributed by atoms with E-state index in [1.807, 2.05) is 6.08 Å². The molecule has 0 aromatic carbocycles. The SMILES string of the molecule is CO/C=C/CCCC1(C)CCCC(=O)C1Cl. The van der Waals surface area contributed by atoms with Gasteiger partial charge in [0.2, 0.25) is 0 Å². The Hall–Kier alpha value is -0.500. The number of rotatable bonds is 5. The summed E-state index contributed by atoms with van der Waals surface area (Å²) in [6.07, 6.45) is 9.50. The maximum atomic E-state index is 11.6. The first kappa shape index (κ1) is 13.6. The molecule has 0 spiro atoms. The number of hydrogen-bond acceptors (Lipinski definition) is 2. The highest BCUT2D eigenvalue weighted by Crippen LogP contribution is 2.41. The topological polar surface area (TPSA) is 26.3 Å². The maximum Gasteiger partial charge on any atom is 0.151 e. The number of carbonyl (C=O) groups excluding carboxylic acids is 1. The van der Waals surface area contributed by atoms with E-state index in [1.165, 1.54) is 0 Å². The van der Waals surface area contributed by atoms with Gasteiger partial charge in [-0.05, 0) is 43.6 Å². The van der Waals surface area contributed by atoms with Gasteiger partial charge in [0.25, 0.3) is 0 Å². The maximum absolute atomic E-state index is 11.6. The minimum atomic E-state index is -0.285. The lowest BCUT2D eigenvalue weighted by molar-refractivity contribution is -0.123. The van der Waals surface area contributed by atoms with Crippen LogP contribution in [0.2, 0.25) is 0 Å². The number of halogens is 1. The summed E-state index contributed by atoms with van der Waals surface area (Å²) >= 11 is 6.22. The number of ether oxygens (including phenoxy) is 1. The second-order valence-electron chi connectivity index (χ2n) is 4.84. The molecular weight excluding hydrogens is 224 g/mol. The molecule has 1 saturated carbocycles. The standard InChI is InChI=1S/C13H21ClO2/c1-13(8-4-3-5-10-16-2)9-6-7-11(15)12(13)14/h5,10,12H,3-4,6-9H2,1-2H3/b10-5+. The molecule has 0 aromatic rings. The summed E-state index contributed by atoms with van der Waals surface area (Å²) in [5, 5.41) is -0.285. The van der Waals surface area contributed by atoms with Crippen molar-refractivity contribution in [1.82, 2.24) is 0 Å². The van der Waals surface area contributed by atoms with Gasteiger partial charge in [-0.1, -0.05) is 6.92 Å². The van der Waals surface area contributed by atoms with E-state index in [9.17, 15) is 4.79 Å². The first-order valence-corrected chi connectivity index (χ1v) is 6.38. The number of Topliss-reactive ketones (excluding diaryl/α,β-unsaturated/α-hetero) is 1. The van der Waals surface area contributed by atoms with Gasteiger partial charge in [-0.25, -0.2) is 0 Å². The molecule has 3 heteroatoms. The third-order valence-corrected chi connectivity index (χ3v) is 4.19. The minimum absolute atomic E-state index is 0.00218. The molecule has 1 aliphatic carbocycles. The van der Waals surface area contributed by atoms with Crippen LogP contribution in [-0.2, 0) is 9.53 Å². The zero-order valence-corrected chi connectivity index (χ0v) is 10.9. The van der Waals surface area contributed by atoms with Crippen LogP contribution in [0, 0.1) is 5.41 Å². The van der Waals surface area contributed by atoms with Crippen LogP contribution in [0.25, 0.3) is 0 Å². The van der Waals surface area contributed by atoms with Crippen molar-refractivity contribution in [3.8, 4) is 0 Å². The molecule has 0 aromatic heterocycles. The van der Waals surface area contributed by atoms with Crippen molar-refractivity contribution in [2.75, 3.05) is 7.11 Å². The van der Waals surface area contributed by atoms with Gasteiger partial charge < -0.3 is 4.74 Å². The summed E-state index contributed by atoms with van der Waals surface area (Å²) in [6.45, 7) is 2.14. The average molecular weight is 245 g/mol. The highest BCUT2D eigenvalue weighted by molar-refractivity contribution is 6.31. The second kappa shape index (κ2) is 6.29. The van der Waals surface area contributed by atoms with Gasteiger partial charge in [-0.15, -0.1) is 11.6 Å². The Morgan fingerprint density at radius 1 is 1.62 bits per heavy atom. The Balaban J connectivity index is 2.38. The zero-order valence-electron chi connectivity index (χ0n) is 10.2. The number of hydrogen-bond donors (Lipinski definition) is 0. The lowest BCUT2D eigenvalue weighted by Crippen LogP contribution is -2.38. The van der Waals surface area contributed by atoms with Crippen molar-refractivity contribution in [1.29, 1.82) is 0 Å². The van der Waals surface area contributed by atoms with Crippen molar-refractivity contribution in [2.24, 2.45) is 5.41 Å². The zero-order chi connectivity index (χ0) is 12.0. The highest BCUT2D eigenvalue weighted by atomic mass is 35.5. The summed E-state index contributed by atoms with van der Waals surface area (Å²) in [4.78, 5) is 11.6. The fraction of sp³-hybridized carbons (Fsp3) is 0.769. The monoisotopic (exact) mass is 244 g/mol. The lowest BCUT2D eigenvalue weighted by atomic mass is 9.71. The summed E-state index contributed by atoms with van der Waals surface area (Å²) in [5.41, 5.74) is -0.00218. The number of unbranched alkanes of at least 4 members (excludes halogenated alkanes) is 1. The molecule has 0 radical (unpaired) electrons. The van der Waals surface area contributed by atoms with Crippen LogP contribution in [0.15, 0.2) is 12.3 Å². The smallest absolute Gasteiger partial charge is 0.151 e. The van der Waals surface area contributed by atoms with Gasteiger partial charge >= 0.3 is 0 Å². The van der Waals surface area contributed by atoms with Crippen molar-refractivity contribution in [3.63, 3.8) is 0 Å². The van der Waals surface area contributed by atoms with Crippen molar-refractivity contribution in [2.45, 2.75) is 50.8 Å². The normalized spacial score (nSPS) is 30.9. The van der Waals surface area contributed by atoms with Crippen LogP contribution < -0.4 is 0 Å². The third-order valence-electron chi connectivity index (χ3n) is 3.42. The number of methoxy groups -OCH3 is 1. The molecule has 1 rings (SSSR count). The predicted molar refractivity (Wildman–Crippen MR) is 66.6 cm³/mol. The Kier molecular flexibility index (Phi) is 5.33. The van der Waals surface area contributed by atoms with E-state index in [0.29, 0.717) is 6.42 Å². The van der Waals surface area contributed by atoms with Gasteiger partial charge in [0.1, 0.15) is 0 Å². The van der Waals surface area contributed by atoms with Crippen LogP contribution in [0.3, 0.4) is 0 Å². The van der Waals surface area contributed by atoms with Crippen LogP contribution in [0.1, 0.15) is 45.4 Å². The van der Waals surface area contributed by atoms with Crippen LogP contribution in [0.4, 0.5) is 0 Å². The Morgan fingerprint density at radius 2 is 2.38 bits per heavy atom. The number of alkyl halides is 1. The Morgan fingerprint density at radius 3 is 3.06 bits per heavy atom. The molecule has 1 fully saturated rings. The van der Waals surface area contributed by atoms with Gasteiger partial charge in [0, 0.05) is 6.42 Å². The largest absolute Gasteiger partial charge is 0.505 e. The van der Waals surface area contributed by atoms with Gasteiger partial charge in [-0.2, -0.15) is 0 Å². The molecule has 16 heavy (non-hydrogen) atoms. The van der Waals surface area contributed by atoms with Crippen molar-refractivity contribution >= 4 is 17.4 Å². The molecule has 1 aliphatic rings. The fourth-order valence-electron chi connectivity index (χ4n) is 2.35. The van der Waals surface area contributed by atoms with E-state index in [2.05, 4.69) is 6.92 Å². The molecule has 0 aliphatic heterocycles. The minimum Gasteiger partial charge on any atom is -0.505 e. The summed E-state index contributed by atoms with van der Waals surface area (Å²) in [6, 6.07) is 0.